The lowest BCUT2D eigenvalue weighted by Crippen LogP contribution is -2.41. The Kier molecular flexibility index (Phi) is 6.75. The van der Waals surface area contributed by atoms with Crippen molar-refractivity contribution in [3.8, 4) is 12.3 Å². The Labute approximate surface area is 192 Å². The topological polar surface area (TPSA) is 99.4 Å². The number of terminal acetylenes is 1. The van der Waals surface area contributed by atoms with E-state index in [0.29, 0.717) is 19.3 Å². The van der Waals surface area contributed by atoms with Crippen molar-refractivity contribution in [2.45, 2.75) is 84.7 Å². The third kappa shape index (κ3) is 4.69. The number of carbonyl (C=O) groups excluding carboxylic acids is 2. The van der Waals surface area contributed by atoms with Gasteiger partial charge in [0.05, 0.1) is 6.33 Å². The summed E-state index contributed by atoms with van der Waals surface area (Å²) in [7, 11) is 0. The standard InChI is InChI=1S/C23H30FN5O4/c1-8-11-15(30)29(21(31)33-22(5,6)7)19-17-18(26-20(24)27-19)28(13-25-17)16-12-14(4)23(9-2,10-3)32-16/h2,13-14,16H,8,10-12H2,1,3-7H3/t14-,16+,23+/m0/s1. The highest BCUT2D eigenvalue weighted by Gasteiger charge is 2.45. The molecule has 3 rings (SSSR count). The van der Waals surface area contributed by atoms with Crippen LogP contribution in [0.2, 0.25) is 0 Å². The Balaban J connectivity index is 2.11. The van der Waals surface area contributed by atoms with Crippen molar-refractivity contribution in [3.63, 3.8) is 0 Å². The molecular formula is C23H30FN5O4. The first kappa shape index (κ1) is 24.6. The Hall–Kier alpha value is -3.06. The van der Waals surface area contributed by atoms with Crippen LogP contribution in [0.1, 0.15) is 73.5 Å². The van der Waals surface area contributed by atoms with Gasteiger partial charge in [0, 0.05) is 12.3 Å². The summed E-state index contributed by atoms with van der Waals surface area (Å²) in [4.78, 5) is 38.5. The number of imidazole rings is 1. The number of halogens is 1. The van der Waals surface area contributed by atoms with Crippen molar-refractivity contribution >= 4 is 29.0 Å². The largest absolute Gasteiger partial charge is 0.443 e. The first-order chi connectivity index (χ1) is 15.5. The predicted molar refractivity (Wildman–Crippen MR) is 120 cm³/mol. The highest BCUT2D eigenvalue weighted by atomic mass is 19.1. The fourth-order valence-electron chi connectivity index (χ4n) is 3.96. The van der Waals surface area contributed by atoms with Crippen LogP contribution in [0.4, 0.5) is 15.0 Å². The number of imide groups is 1. The lowest BCUT2D eigenvalue weighted by atomic mass is 9.87. The van der Waals surface area contributed by atoms with E-state index in [9.17, 15) is 14.0 Å². The van der Waals surface area contributed by atoms with Crippen LogP contribution in [0.3, 0.4) is 0 Å². The summed E-state index contributed by atoms with van der Waals surface area (Å²) in [5.74, 6) is 1.94. The molecule has 2 aromatic heterocycles. The van der Waals surface area contributed by atoms with E-state index in [1.807, 2.05) is 13.8 Å². The van der Waals surface area contributed by atoms with Gasteiger partial charge in [0.2, 0.25) is 5.91 Å². The first-order valence-corrected chi connectivity index (χ1v) is 11.1. The molecule has 2 amide bonds. The minimum atomic E-state index is -1.11. The first-order valence-electron chi connectivity index (χ1n) is 11.1. The molecule has 3 heterocycles. The molecule has 1 aliphatic rings. The second-order valence-corrected chi connectivity index (χ2v) is 9.20. The molecule has 1 aliphatic heterocycles. The monoisotopic (exact) mass is 459 g/mol. The number of aromatic nitrogens is 4. The molecular weight excluding hydrogens is 429 g/mol. The summed E-state index contributed by atoms with van der Waals surface area (Å²) in [6.45, 7) is 10.7. The van der Waals surface area contributed by atoms with E-state index in [1.165, 1.54) is 6.33 Å². The summed E-state index contributed by atoms with van der Waals surface area (Å²) in [5, 5.41) is 0. The van der Waals surface area contributed by atoms with Crippen LogP contribution in [0.25, 0.3) is 11.2 Å². The zero-order valence-corrected chi connectivity index (χ0v) is 19.9. The highest BCUT2D eigenvalue weighted by Crippen LogP contribution is 2.43. The third-order valence-electron chi connectivity index (χ3n) is 5.65. The maximum atomic E-state index is 14.6. The van der Waals surface area contributed by atoms with Gasteiger partial charge in [0.1, 0.15) is 17.4 Å². The third-order valence-corrected chi connectivity index (χ3v) is 5.65. The minimum Gasteiger partial charge on any atom is -0.443 e. The van der Waals surface area contributed by atoms with Crippen molar-refractivity contribution in [3.05, 3.63) is 12.4 Å². The molecule has 3 atom stereocenters. The van der Waals surface area contributed by atoms with Crippen LogP contribution in [0.15, 0.2) is 6.33 Å². The van der Waals surface area contributed by atoms with Crippen LogP contribution < -0.4 is 4.90 Å². The smallest absolute Gasteiger partial charge is 0.423 e. The molecule has 33 heavy (non-hydrogen) atoms. The summed E-state index contributed by atoms with van der Waals surface area (Å²) in [5.41, 5.74) is -1.46. The Bertz CT molecular complexity index is 1100. The molecule has 178 valence electrons. The van der Waals surface area contributed by atoms with Gasteiger partial charge in [-0.2, -0.15) is 19.3 Å². The van der Waals surface area contributed by atoms with Crippen molar-refractivity contribution in [2.75, 3.05) is 4.90 Å². The molecule has 1 fully saturated rings. The number of carbonyl (C=O) groups is 2. The molecule has 2 aromatic rings. The van der Waals surface area contributed by atoms with E-state index in [1.54, 1.807) is 32.3 Å². The second kappa shape index (κ2) is 9.06. The van der Waals surface area contributed by atoms with E-state index in [-0.39, 0.29) is 29.3 Å². The average molecular weight is 460 g/mol. The number of hydrogen-bond donors (Lipinski definition) is 0. The van der Waals surface area contributed by atoms with Gasteiger partial charge < -0.3 is 9.47 Å². The maximum absolute atomic E-state index is 14.6. The van der Waals surface area contributed by atoms with Gasteiger partial charge in [0.25, 0.3) is 0 Å². The van der Waals surface area contributed by atoms with Crippen LogP contribution in [-0.4, -0.2) is 42.7 Å². The van der Waals surface area contributed by atoms with Crippen LogP contribution in [0, 0.1) is 24.3 Å². The van der Waals surface area contributed by atoms with E-state index in [0.717, 1.165) is 4.90 Å². The average Bonchev–Trinajstić information content (AvgIpc) is 3.28. The number of nitrogens with zero attached hydrogens (tertiary/aromatic N) is 5. The molecule has 0 radical (unpaired) electrons. The summed E-state index contributed by atoms with van der Waals surface area (Å²) >= 11 is 0. The molecule has 0 N–H and O–H groups in total. The summed E-state index contributed by atoms with van der Waals surface area (Å²) < 4.78 is 27.7. The Morgan fingerprint density at radius 1 is 1.39 bits per heavy atom. The molecule has 0 unspecified atom stereocenters. The quantitative estimate of drug-likeness (QED) is 0.483. The van der Waals surface area contributed by atoms with Gasteiger partial charge in [0.15, 0.2) is 17.0 Å². The summed E-state index contributed by atoms with van der Waals surface area (Å²) in [6, 6.07) is 0. The van der Waals surface area contributed by atoms with Crippen LogP contribution in [0.5, 0.6) is 0 Å². The van der Waals surface area contributed by atoms with Gasteiger partial charge in [-0.15, -0.1) is 6.42 Å². The van der Waals surface area contributed by atoms with Crippen molar-refractivity contribution in [1.29, 1.82) is 0 Å². The lowest BCUT2D eigenvalue weighted by Gasteiger charge is -2.26. The molecule has 0 saturated carbocycles. The van der Waals surface area contributed by atoms with E-state index >= 15 is 0 Å². The van der Waals surface area contributed by atoms with E-state index < -0.39 is 35.5 Å². The molecule has 0 spiro atoms. The lowest BCUT2D eigenvalue weighted by molar-refractivity contribution is -0.118. The predicted octanol–water partition coefficient (Wildman–Crippen LogP) is 4.37. The Morgan fingerprint density at radius 3 is 2.64 bits per heavy atom. The molecule has 0 aliphatic carbocycles. The van der Waals surface area contributed by atoms with Gasteiger partial charge >= 0.3 is 12.2 Å². The maximum Gasteiger partial charge on any atom is 0.423 e. The van der Waals surface area contributed by atoms with Gasteiger partial charge in [-0.25, -0.2) is 9.78 Å². The molecule has 0 aromatic carbocycles. The van der Waals surface area contributed by atoms with Gasteiger partial charge in [-0.05, 0) is 40.0 Å². The van der Waals surface area contributed by atoms with Crippen LogP contribution >= 0.6 is 0 Å². The van der Waals surface area contributed by atoms with Crippen LogP contribution in [-0.2, 0) is 14.3 Å². The van der Waals surface area contributed by atoms with Crippen molar-refractivity contribution in [2.24, 2.45) is 5.92 Å². The number of ether oxygens (including phenoxy) is 2. The van der Waals surface area contributed by atoms with E-state index in [2.05, 4.69) is 20.9 Å². The van der Waals surface area contributed by atoms with Crippen molar-refractivity contribution in [1.82, 2.24) is 19.5 Å². The second-order valence-electron chi connectivity index (χ2n) is 9.20. The van der Waals surface area contributed by atoms with Gasteiger partial charge in [-0.1, -0.05) is 26.7 Å². The normalized spacial score (nSPS) is 22.8. The zero-order chi connectivity index (χ0) is 24.6. The molecule has 10 heteroatoms. The van der Waals surface area contributed by atoms with Gasteiger partial charge in [-0.3, -0.25) is 9.36 Å². The molecule has 0 bridgehead atoms. The number of anilines is 1. The Morgan fingerprint density at radius 2 is 2.09 bits per heavy atom. The zero-order valence-electron chi connectivity index (χ0n) is 19.9. The number of rotatable bonds is 5. The SMILES string of the molecule is C#C[C@]1(CC)O[C@@H](n2cnc3c(N(C(=O)CCC)C(=O)OC(C)(C)C)nc(F)nc32)C[C@@H]1C. The minimum absolute atomic E-state index is 0.0392. The number of hydrogen-bond acceptors (Lipinski definition) is 7. The highest BCUT2D eigenvalue weighted by molar-refractivity contribution is 6.14. The molecule has 9 nitrogen and oxygen atoms in total. The van der Waals surface area contributed by atoms with Crippen molar-refractivity contribution < 1.29 is 23.5 Å². The van der Waals surface area contributed by atoms with E-state index in [4.69, 9.17) is 15.9 Å². The fourth-order valence-corrected chi connectivity index (χ4v) is 3.96. The fraction of sp³-hybridized carbons (Fsp3) is 0.609. The number of fused-ring (bicyclic) bond motifs is 1. The summed E-state index contributed by atoms with van der Waals surface area (Å²) in [6.07, 6.45) is 6.26. The molecule has 1 saturated heterocycles. The number of amides is 2.